The van der Waals surface area contributed by atoms with Crippen LogP contribution in [-0.2, 0) is 9.59 Å². The van der Waals surface area contributed by atoms with Crippen LogP contribution in [0.3, 0.4) is 0 Å². The van der Waals surface area contributed by atoms with E-state index in [0.29, 0.717) is 27.8 Å². The van der Waals surface area contributed by atoms with Gasteiger partial charge in [-0.05, 0) is 36.4 Å². The molecule has 0 spiro atoms. The molecule has 0 unspecified atom stereocenters. The molecule has 1 aliphatic rings. The number of amides is 2. The zero-order valence-electron chi connectivity index (χ0n) is 15.5. The molecule has 4 aromatic rings. The van der Waals surface area contributed by atoms with Gasteiger partial charge in [0.1, 0.15) is 23.9 Å². The van der Waals surface area contributed by atoms with Crippen molar-refractivity contribution in [3.8, 4) is 11.3 Å². The number of hydrogen-bond donors (Lipinski definition) is 1. The van der Waals surface area contributed by atoms with Crippen molar-refractivity contribution in [2.75, 3.05) is 22.5 Å². The van der Waals surface area contributed by atoms with E-state index in [0.717, 1.165) is 10.6 Å². The minimum Gasteiger partial charge on any atom is -0.308 e. The quantitative estimate of drug-likeness (QED) is 0.517. The number of nitrogens with one attached hydrogen (secondary N) is 1. The zero-order valence-corrected chi connectivity index (χ0v) is 17.2. The number of rotatable bonds is 4. The van der Waals surface area contributed by atoms with Crippen LogP contribution in [-0.4, -0.2) is 33.5 Å². The lowest BCUT2D eigenvalue weighted by Crippen LogP contribution is -2.41. The summed E-state index contributed by atoms with van der Waals surface area (Å²) in [5, 5.41) is 4.77. The molecule has 0 radical (unpaired) electrons. The number of benzene rings is 2. The van der Waals surface area contributed by atoms with Crippen LogP contribution in [0.4, 0.5) is 15.9 Å². The lowest BCUT2D eigenvalue weighted by atomic mass is 10.1. The van der Waals surface area contributed by atoms with Gasteiger partial charge in [0.05, 0.1) is 11.4 Å². The van der Waals surface area contributed by atoms with E-state index in [1.165, 1.54) is 40.1 Å². The minimum absolute atomic E-state index is 0.101. The first-order valence-corrected chi connectivity index (χ1v) is 11.0. The second-order valence-corrected chi connectivity index (χ2v) is 8.55. The Morgan fingerprint density at radius 1 is 1.17 bits per heavy atom. The second-order valence-electron chi connectivity index (χ2n) is 6.66. The summed E-state index contributed by atoms with van der Waals surface area (Å²) in [6.07, 6.45) is 1.81. The Kier molecular flexibility index (Phi) is 4.76. The van der Waals surface area contributed by atoms with Crippen LogP contribution in [0.2, 0.25) is 0 Å². The maximum Gasteiger partial charge on any atom is 0.245 e. The van der Waals surface area contributed by atoms with Gasteiger partial charge in [0, 0.05) is 22.0 Å². The van der Waals surface area contributed by atoms with Crippen LogP contribution >= 0.6 is 23.1 Å². The van der Waals surface area contributed by atoms with E-state index in [4.69, 9.17) is 0 Å². The van der Waals surface area contributed by atoms with Gasteiger partial charge in [0.25, 0.3) is 0 Å². The number of hydrogen-bond acceptors (Lipinski definition) is 5. The van der Waals surface area contributed by atoms with Crippen molar-refractivity contribution in [3.05, 3.63) is 65.9 Å². The number of fused-ring (bicyclic) bond motifs is 2. The summed E-state index contributed by atoms with van der Waals surface area (Å²) in [4.78, 5) is 33.2. The van der Waals surface area contributed by atoms with Crippen molar-refractivity contribution in [1.82, 2.24) is 9.38 Å². The first kappa shape index (κ1) is 18.8. The fourth-order valence-electron chi connectivity index (χ4n) is 3.36. The summed E-state index contributed by atoms with van der Waals surface area (Å²) in [5.74, 6) is 0.00974. The highest BCUT2D eigenvalue weighted by Gasteiger charge is 2.27. The Hall–Kier alpha value is -3.17. The van der Waals surface area contributed by atoms with E-state index in [1.54, 1.807) is 16.5 Å². The third-order valence-electron chi connectivity index (χ3n) is 4.75. The summed E-state index contributed by atoms with van der Waals surface area (Å²) in [6, 6.07) is 13.5. The maximum absolute atomic E-state index is 13.3. The topological polar surface area (TPSA) is 66.7 Å². The average molecular weight is 439 g/mol. The molecule has 0 bridgehead atoms. The normalized spacial score (nSPS) is 13.5. The first-order valence-electron chi connectivity index (χ1n) is 9.14. The van der Waals surface area contributed by atoms with Crippen LogP contribution in [0.25, 0.3) is 16.2 Å². The highest BCUT2D eigenvalue weighted by Crippen LogP contribution is 2.35. The van der Waals surface area contributed by atoms with Gasteiger partial charge in [0.15, 0.2) is 4.96 Å². The summed E-state index contributed by atoms with van der Waals surface area (Å²) in [6.45, 7) is -0.101. The van der Waals surface area contributed by atoms with Gasteiger partial charge in [-0.3, -0.25) is 14.0 Å². The molecule has 1 aliphatic heterocycles. The fraction of sp³-hybridized carbons (Fsp3) is 0.0952. The van der Waals surface area contributed by atoms with Crippen molar-refractivity contribution < 1.29 is 14.0 Å². The lowest BCUT2D eigenvalue weighted by Gasteiger charge is -2.28. The van der Waals surface area contributed by atoms with Crippen LogP contribution < -0.4 is 10.2 Å². The van der Waals surface area contributed by atoms with Crippen LogP contribution in [0.1, 0.15) is 0 Å². The number of para-hydroxylation sites is 1. The lowest BCUT2D eigenvalue weighted by molar-refractivity contribution is -0.120. The summed E-state index contributed by atoms with van der Waals surface area (Å²) < 4.78 is 15.1. The maximum atomic E-state index is 13.3. The number of aromatic nitrogens is 2. The molecule has 150 valence electrons. The standard InChI is InChI=1S/C21H15FN4O2S2/c22-14-7-5-13(6-8-14)19-20(25-9-10-29-21(25)24-19)23-17(27)11-26-15-3-1-2-4-16(15)30-12-18(26)28/h1-10H,11-12H2,(H,23,27). The van der Waals surface area contributed by atoms with E-state index in [9.17, 15) is 14.0 Å². The van der Waals surface area contributed by atoms with Gasteiger partial charge in [-0.25, -0.2) is 9.37 Å². The van der Waals surface area contributed by atoms with Gasteiger partial charge in [0.2, 0.25) is 11.8 Å². The molecule has 2 aromatic heterocycles. The van der Waals surface area contributed by atoms with Gasteiger partial charge in [-0.2, -0.15) is 0 Å². The molecular weight excluding hydrogens is 423 g/mol. The Morgan fingerprint density at radius 2 is 1.97 bits per heavy atom. The second kappa shape index (κ2) is 7.58. The molecule has 6 nitrogen and oxygen atoms in total. The van der Waals surface area contributed by atoms with Gasteiger partial charge >= 0.3 is 0 Å². The SMILES string of the molecule is O=C(CN1C(=O)CSc2ccccc21)Nc1c(-c2ccc(F)cc2)nc2sccn12. The Bertz CT molecular complexity index is 1270. The molecule has 1 N–H and O–H groups in total. The molecule has 2 amide bonds. The summed E-state index contributed by atoms with van der Waals surface area (Å²) in [7, 11) is 0. The molecule has 2 aromatic carbocycles. The number of thioether (sulfide) groups is 1. The van der Waals surface area contributed by atoms with E-state index >= 15 is 0 Å². The van der Waals surface area contributed by atoms with Crippen LogP contribution in [0, 0.1) is 5.82 Å². The predicted molar refractivity (Wildman–Crippen MR) is 117 cm³/mol. The van der Waals surface area contributed by atoms with Gasteiger partial charge < -0.3 is 10.2 Å². The Labute approximate surface area is 179 Å². The third kappa shape index (κ3) is 3.35. The minimum atomic E-state index is -0.342. The third-order valence-corrected chi connectivity index (χ3v) is 6.55. The van der Waals surface area contributed by atoms with Crippen molar-refractivity contribution in [2.24, 2.45) is 0 Å². The molecule has 30 heavy (non-hydrogen) atoms. The number of halogens is 1. The monoisotopic (exact) mass is 438 g/mol. The summed E-state index contributed by atoms with van der Waals surface area (Å²) >= 11 is 2.90. The van der Waals surface area contributed by atoms with Gasteiger partial charge in [-0.15, -0.1) is 23.1 Å². The number of carbonyl (C=O) groups excluding carboxylic acids is 2. The Balaban J connectivity index is 1.45. The van der Waals surface area contributed by atoms with Crippen LogP contribution in [0.15, 0.2) is 65.0 Å². The average Bonchev–Trinajstić information content (AvgIpc) is 3.34. The molecule has 0 saturated heterocycles. The molecule has 9 heteroatoms. The van der Waals surface area contributed by atoms with Crippen molar-refractivity contribution in [1.29, 1.82) is 0 Å². The Morgan fingerprint density at radius 3 is 2.80 bits per heavy atom. The molecule has 3 heterocycles. The first-order chi connectivity index (χ1) is 14.6. The number of imidazole rings is 1. The number of carbonyl (C=O) groups is 2. The highest BCUT2D eigenvalue weighted by atomic mass is 32.2. The van der Waals surface area contributed by atoms with Crippen molar-refractivity contribution in [3.63, 3.8) is 0 Å². The zero-order chi connectivity index (χ0) is 20.7. The molecule has 0 aliphatic carbocycles. The molecular formula is C21H15FN4O2S2. The van der Waals surface area contributed by atoms with E-state index in [-0.39, 0.29) is 24.2 Å². The van der Waals surface area contributed by atoms with E-state index < -0.39 is 0 Å². The molecule has 0 atom stereocenters. The number of anilines is 2. The van der Waals surface area contributed by atoms with E-state index in [2.05, 4.69) is 10.3 Å². The van der Waals surface area contributed by atoms with Crippen molar-refractivity contribution >= 4 is 51.4 Å². The molecule has 0 fully saturated rings. The smallest absolute Gasteiger partial charge is 0.245 e. The fourth-order valence-corrected chi connectivity index (χ4v) is 5.01. The largest absolute Gasteiger partial charge is 0.308 e. The number of thiazole rings is 1. The van der Waals surface area contributed by atoms with Gasteiger partial charge in [-0.1, -0.05) is 12.1 Å². The van der Waals surface area contributed by atoms with Crippen molar-refractivity contribution in [2.45, 2.75) is 4.90 Å². The van der Waals surface area contributed by atoms with E-state index in [1.807, 2.05) is 35.8 Å². The predicted octanol–water partition coefficient (Wildman–Crippen LogP) is 4.28. The van der Waals surface area contributed by atoms with Crippen LogP contribution in [0.5, 0.6) is 0 Å². The highest BCUT2D eigenvalue weighted by molar-refractivity contribution is 8.00. The molecule has 0 saturated carbocycles. The summed E-state index contributed by atoms with van der Waals surface area (Å²) in [5.41, 5.74) is 1.98. The molecule has 5 rings (SSSR count). The number of nitrogens with zero attached hydrogens (tertiary/aromatic N) is 3.